The highest BCUT2D eigenvalue weighted by atomic mass is 33.1. The van der Waals surface area contributed by atoms with Crippen LogP contribution in [0.15, 0.2) is 0 Å². The average molecular weight is 192 g/mol. The predicted octanol–water partition coefficient (Wildman–Crippen LogP) is 3.16. The first-order valence-electron chi connectivity index (χ1n) is 4.28. The van der Waals surface area contributed by atoms with Gasteiger partial charge >= 0.3 is 0 Å². The van der Waals surface area contributed by atoms with Crippen molar-refractivity contribution in [2.45, 2.75) is 32.1 Å². The highest BCUT2D eigenvalue weighted by Gasteiger charge is 2.24. The van der Waals surface area contributed by atoms with Gasteiger partial charge in [-0.15, -0.1) is 0 Å². The normalized spacial score (nSPS) is 32.2. The van der Waals surface area contributed by atoms with Gasteiger partial charge in [-0.25, -0.2) is 0 Å². The molecule has 0 aromatic carbocycles. The van der Waals surface area contributed by atoms with Crippen LogP contribution in [0.3, 0.4) is 0 Å². The predicted molar refractivity (Wildman–Crippen MR) is 53.9 cm³/mol. The molecule has 3 heteroatoms. The third-order valence-electron chi connectivity index (χ3n) is 1.98. The van der Waals surface area contributed by atoms with E-state index >= 15 is 0 Å². The molecule has 0 aliphatic carbocycles. The lowest BCUT2D eigenvalue weighted by molar-refractivity contribution is 0.0806. The molecule has 1 aliphatic rings. The highest BCUT2D eigenvalue weighted by molar-refractivity contribution is 8.77. The molecule has 1 nitrogen and oxygen atoms in total. The Morgan fingerprint density at radius 2 is 2.27 bits per heavy atom. The van der Waals surface area contributed by atoms with Crippen LogP contribution in [0.5, 0.6) is 0 Å². The minimum absolute atomic E-state index is 0.462. The van der Waals surface area contributed by atoms with E-state index in [-0.39, 0.29) is 0 Å². The van der Waals surface area contributed by atoms with Crippen molar-refractivity contribution in [3.63, 3.8) is 0 Å². The van der Waals surface area contributed by atoms with Gasteiger partial charge in [0.2, 0.25) is 0 Å². The van der Waals surface area contributed by atoms with E-state index in [1.54, 1.807) is 0 Å². The molecular formula is C8H16OS2. The molecule has 1 fully saturated rings. The second-order valence-corrected chi connectivity index (χ2v) is 5.28. The number of hydrogen-bond donors (Lipinski definition) is 0. The maximum absolute atomic E-state index is 5.63. The molecule has 11 heavy (non-hydrogen) atoms. The van der Waals surface area contributed by atoms with Gasteiger partial charge in [-0.1, -0.05) is 28.5 Å². The molecule has 1 saturated heterocycles. The average Bonchev–Trinajstić information content (AvgIpc) is 2.06. The van der Waals surface area contributed by atoms with Crippen molar-refractivity contribution in [3.8, 4) is 0 Å². The first-order valence-corrected chi connectivity index (χ1v) is 6.66. The molecule has 0 radical (unpaired) electrons. The molecule has 1 rings (SSSR count). The van der Waals surface area contributed by atoms with Crippen molar-refractivity contribution in [1.82, 2.24) is 0 Å². The van der Waals surface area contributed by atoms with Gasteiger partial charge < -0.3 is 4.74 Å². The van der Waals surface area contributed by atoms with Gasteiger partial charge in [0.05, 0.1) is 0 Å². The maximum Gasteiger partial charge on any atom is 0.116 e. The Balaban J connectivity index is 2.31. The summed E-state index contributed by atoms with van der Waals surface area (Å²) in [5.74, 6) is 2.09. The lowest BCUT2D eigenvalue weighted by atomic mass is 10.0. The molecule has 2 atom stereocenters. The van der Waals surface area contributed by atoms with Crippen LogP contribution >= 0.6 is 21.6 Å². The summed E-state index contributed by atoms with van der Waals surface area (Å²) in [6.45, 7) is 5.19. The first kappa shape index (κ1) is 9.75. The van der Waals surface area contributed by atoms with Gasteiger partial charge in [0.25, 0.3) is 0 Å². The second kappa shape index (κ2) is 5.33. The first-order chi connectivity index (χ1) is 5.38. The standard InChI is InChI=1S/C8H16OS2/c1-3-7-5-6-10-11-8(7)9-4-2/h7-8H,3-6H2,1-2H3. The molecule has 0 spiro atoms. The fraction of sp³-hybridized carbons (Fsp3) is 1.00. The number of rotatable bonds is 3. The van der Waals surface area contributed by atoms with Crippen LogP contribution in [0.4, 0.5) is 0 Å². The Bertz CT molecular complexity index is 106. The van der Waals surface area contributed by atoms with Crippen molar-refractivity contribution in [2.24, 2.45) is 5.92 Å². The largest absolute Gasteiger partial charge is 0.367 e. The summed E-state index contributed by atoms with van der Waals surface area (Å²) in [5, 5.41) is 0. The molecular weight excluding hydrogens is 176 g/mol. The molecule has 2 unspecified atom stereocenters. The van der Waals surface area contributed by atoms with Crippen molar-refractivity contribution < 1.29 is 4.74 Å². The number of ether oxygens (including phenoxy) is 1. The summed E-state index contributed by atoms with van der Waals surface area (Å²) in [6.07, 6.45) is 2.59. The SMILES string of the molecule is CCOC1SSCCC1CC. The van der Waals surface area contributed by atoms with E-state index in [0.717, 1.165) is 12.5 Å². The fourth-order valence-electron chi connectivity index (χ4n) is 1.25. The summed E-state index contributed by atoms with van der Waals surface area (Å²) < 4.78 is 5.63. The molecule has 1 aliphatic heterocycles. The van der Waals surface area contributed by atoms with E-state index in [1.807, 2.05) is 21.6 Å². The molecule has 0 aromatic heterocycles. The van der Waals surface area contributed by atoms with Gasteiger partial charge in [0.1, 0.15) is 5.44 Å². The summed E-state index contributed by atoms with van der Waals surface area (Å²) in [7, 11) is 3.87. The fourth-order valence-corrected chi connectivity index (χ4v) is 4.18. The summed E-state index contributed by atoms with van der Waals surface area (Å²) >= 11 is 0. The van der Waals surface area contributed by atoms with Crippen LogP contribution in [-0.2, 0) is 4.74 Å². The second-order valence-electron chi connectivity index (χ2n) is 2.70. The van der Waals surface area contributed by atoms with E-state index in [1.165, 1.54) is 18.6 Å². The highest BCUT2D eigenvalue weighted by Crippen LogP contribution is 2.40. The van der Waals surface area contributed by atoms with Crippen LogP contribution in [-0.4, -0.2) is 17.8 Å². The molecule has 0 bridgehead atoms. The summed E-state index contributed by atoms with van der Waals surface area (Å²) in [4.78, 5) is 0. The Morgan fingerprint density at radius 3 is 2.91 bits per heavy atom. The van der Waals surface area contributed by atoms with Crippen molar-refractivity contribution in [3.05, 3.63) is 0 Å². The van der Waals surface area contributed by atoms with Gasteiger partial charge in [0.15, 0.2) is 0 Å². The van der Waals surface area contributed by atoms with Gasteiger partial charge in [-0.3, -0.25) is 0 Å². The van der Waals surface area contributed by atoms with Crippen molar-refractivity contribution >= 4 is 21.6 Å². The van der Waals surface area contributed by atoms with Gasteiger partial charge in [-0.2, -0.15) is 0 Å². The van der Waals surface area contributed by atoms with E-state index < -0.39 is 0 Å². The van der Waals surface area contributed by atoms with Crippen molar-refractivity contribution in [1.29, 1.82) is 0 Å². The van der Waals surface area contributed by atoms with E-state index in [2.05, 4.69) is 13.8 Å². The monoisotopic (exact) mass is 192 g/mol. The lowest BCUT2D eigenvalue weighted by Crippen LogP contribution is -2.23. The lowest BCUT2D eigenvalue weighted by Gasteiger charge is -2.28. The van der Waals surface area contributed by atoms with Crippen LogP contribution < -0.4 is 0 Å². The third kappa shape index (κ3) is 2.88. The van der Waals surface area contributed by atoms with Crippen LogP contribution in [0, 0.1) is 5.92 Å². The van der Waals surface area contributed by atoms with Crippen LogP contribution in [0.25, 0.3) is 0 Å². The zero-order chi connectivity index (χ0) is 8.10. The zero-order valence-corrected chi connectivity index (χ0v) is 8.84. The van der Waals surface area contributed by atoms with E-state index in [4.69, 9.17) is 4.74 Å². The molecule has 66 valence electrons. The number of hydrogen-bond acceptors (Lipinski definition) is 3. The Kier molecular flexibility index (Phi) is 4.72. The molecule has 0 saturated carbocycles. The quantitative estimate of drug-likeness (QED) is 0.636. The molecule has 0 amide bonds. The van der Waals surface area contributed by atoms with Crippen LogP contribution in [0.2, 0.25) is 0 Å². The topological polar surface area (TPSA) is 9.23 Å². The smallest absolute Gasteiger partial charge is 0.116 e. The van der Waals surface area contributed by atoms with Crippen LogP contribution in [0.1, 0.15) is 26.7 Å². The van der Waals surface area contributed by atoms with Gasteiger partial charge in [0, 0.05) is 12.4 Å². The Morgan fingerprint density at radius 1 is 1.45 bits per heavy atom. The van der Waals surface area contributed by atoms with E-state index in [0.29, 0.717) is 5.44 Å². The minimum Gasteiger partial charge on any atom is -0.367 e. The zero-order valence-electron chi connectivity index (χ0n) is 7.21. The summed E-state index contributed by atoms with van der Waals surface area (Å²) in [5.41, 5.74) is 0.462. The molecule has 0 aromatic rings. The minimum atomic E-state index is 0.462. The molecule has 1 heterocycles. The summed E-state index contributed by atoms with van der Waals surface area (Å²) in [6, 6.07) is 0. The van der Waals surface area contributed by atoms with Crippen molar-refractivity contribution in [2.75, 3.05) is 12.4 Å². The van der Waals surface area contributed by atoms with Gasteiger partial charge in [-0.05, 0) is 25.7 Å². The molecule has 0 N–H and O–H groups in total. The third-order valence-corrected chi connectivity index (χ3v) is 4.70. The Labute approximate surface area is 77.0 Å². The maximum atomic E-state index is 5.63. The van der Waals surface area contributed by atoms with E-state index in [9.17, 15) is 0 Å². The Hall–Kier alpha value is 0.660.